The van der Waals surface area contributed by atoms with Crippen LogP contribution in [0, 0.1) is 5.92 Å². The maximum atomic E-state index is 4.81. The van der Waals surface area contributed by atoms with Crippen LogP contribution >= 0.6 is 0 Å². The number of nitrogens with one attached hydrogen (secondary N) is 1. The van der Waals surface area contributed by atoms with E-state index in [1.807, 2.05) is 0 Å². The summed E-state index contributed by atoms with van der Waals surface area (Å²) in [5.74, 6) is 1.99. The molecule has 1 aromatic rings. The Morgan fingerprint density at radius 3 is 2.55 bits per heavy atom. The number of hydrogen-bond acceptors (Lipinski definition) is 3. The van der Waals surface area contributed by atoms with E-state index >= 15 is 0 Å². The molecule has 0 aromatic carbocycles. The minimum atomic E-state index is 0.514. The van der Waals surface area contributed by atoms with Gasteiger partial charge in [0.15, 0.2) is 0 Å². The van der Waals surface area contributed by atoms with Crippen molar-refractivity contribution in [2.75, 3.05) is 11.9 Å². The summed E-state index contributed by atoms with van der Waals surface area (Å²) in [6.07, 6.45) is 3.75. The Morgan fingerprint density at radius 2 is 2.00 bits per heavy atom. The van der Waals surface area contributed by atoms with E-state index in [0.29, 0.717) is 12.1 Å². The van der Waals surface area contributed by atoms with Gasteiger partial charge in [0.05, 0.1) is 0 Å². The molecule has 1 aliphatic carbocycles. The van der Waals surface area contributed by atoms with Gasteiger partial charge in [-0.2, -0.15) is 0 Å². The fourth-order valence-corrected chi connectivity index (χ4v) is 2.52. The van der Waals surface area contributed by atoms with Gasteiger partial charge in [-0.3, -0.25) is 0 Å². The second kappa shape index (κ2) is 6.57. The van der Waals surface area contributed by atoms with Gasteiger partial charge < -0.3 is 10.2 Å². The first kappa shape index (κ1) is 15.3. The van der Waals surface area contributed by atoms with Gasteiger partial charge in [0.25, 0.3) is 0 Å². The largest absolute Gasteiger partial charge is 0.357 e. The summed E-state index contributed by atoms with van der Waals surface area (Å²) < 4.78 is 0. The van der Waals surface area contributed by atoms with Crippen molar-refractivity contribution < 1.29 is 0 Å². The predicted octanol–water partition coefficient (Wildman–Crippen LogP) is 3.38. The van der Waals surface area contributed by atoms with Gasteiger partial charge in [0.1, 0.15) is 5.82 Å². The van der Waals surface area contributed by atoms with Crippen molar-refractivity contribution in [3.8, 4) is 0 Å². The van der Waals surface area contributed by atoms with Gasteiger partial charge in [0.2, 0.25) is 0 Å². The van der Waals surface area contributed by atoms with E-state index in [4.69, 9.17) is 4.98 Å². The van der Waals surface area contributed by atoms with Crippen LogP contribution in [0.3, 0.4) is 0 Å². The molecular formula is C17H29N3. The molecule has 0 radical (unpaired) electrons. The molecule has 1 atom stereocenters. The summed E-state index contributed by atoms with van der Waals surface area (Å²) in [5, 5.41) is 3.50. The van der Waals surface area contributed by atoms with Crippen LogP contribution in [0.25, 0.3) is 0 Å². The standard InChI is InChI=1S/C17H29N3/c1-6-16-9-14(11-18-12(2)3)10-17(19-16)20(5)13(4)15-7-8-15/h9-10,12-13,15,18H,6-8,11H2,1-5H3. The molecule has 20 heavy (non-hydrogen) atoms. The highest BCUT2D eigenvalue weighted by molar-refractivity contribution is 5.43. The van der Waals surface area contributed by atoms with Crippen LogP contribution in [-0.2, 0) is 13.0 Å². The fourth-order valence-electron chi connectivity index (χ4n) is 2.52. The van der Waals surface area contributed by atoms with Crippen LogP contribution in [0.2, 0.25) is 0 Å². The molecule has 1 heterocycles. The molecule has 0 amide bonds. The quantitative estimate of drug-likeness (QED) is 0.827. The molecule has 0 spiro atoms. The lowest BCUT2D eigenvalue weighted by Gasteiger charge is -2.27. The lowest BCUT2D eigenvalue weighted by atomic mass is 10.1. The molecule has 3 heteroatoms. The number of hydrogen-bond donors (Lipinski definition) is 1. The molecule has 1 fully saturated rings. The molecular weight excluding hydrogens is 246 g/mol. The van der Waals surface area contributed by atoms with E-state index < -0.39 is 0 Å². The molecule has 0 aliphatic heterocycles. The van der Waals surface area contributed by atoms with E-state index in [1.165, 1.54) is 24.1 Å². The third-order valence-electron chi connectivity index (χ3n) is 4.28. The van der Waals surface area contributed by atoms with Crippen molar-refractivity contribution in [3.05, 3.63) is 23.4 Å². The van der Waals surface area contributed by atoms with Gasteiger partial charge in [-0.15, -0.1) is 0 Å². The van der Waals surface area contributed by atoms with E-state index in [-0.39, 0.29) is 0 Å². The fraction of sp³-hybridized carbons (Fsp3) is 0.706. The molecule has 1 aromatic heterocycles. The number of rotatable bonds is 7. The molecule has 1 aliphatic rings. The zero-order chi connectivity index (χ0) is 14.7. The monoisotopic (exact) mass is 275 g/mol. The van der Waals surface area contributed by atoms with E-state index in [9.17, 15) is 0 Å². The van der Waals surface area contributed by atoms with Crippen LogP contribution in [0.5, 0.6) is 0 Å². The highest BCUT2D eigenvalue weighted by Gasteiger charge is 2.31. The molecule has 0 bridgehead atoms. The third kappa shape index (κ3) is 3.95. The highest BCUT2D eigenvalue weighted by atomic mass is 15.2. The predicted molar refractivity (Wildman–Crippen MR) is 86.2 cm³/mol. The summed E-state index contributed by atoms with van der Waals surface area (Å²) in [6, 6.07) is 5.59. The number of pyridine rings is 1. The molecule has 1 unspecified atom stereocenters. The summed E-state index contributed by atoms with van der Waals surface area (Å²) in [4.78, 5) is 7.17. The van der Waals surface area contributed by atoms with E-state index in [2.05, 4.69) is 57.1 Å². The molecule has 1 N–H and O–H groups in total. The van der Waals surface area contributed by atoms with Crippen molar-refractivity contribution >= 4 is 5.82 Å². The lowest BCUT2D eigenvalue weighted by Crippen LogP contribution is -2.31. The van der Waals surface area contributed by atoms with Crippen LogP contribution < -0.4 is 10.2 Å². The zero-order valence-electron chi connectivity index (χ0n) is 13.6. The van der Waals surface area contributed by atoms with E-state index in [1.54, 1.807) is 0 Å². The zero-order valence-corrected chi connectivity index (χ0v) is 13.6. The van der Waals surface area contributed by atoms with Crippen molar-refractivity contribution in [1.82, 2.24) is 10.3 Å². The topological polar surface area (TPSA) is 28.2 Å². The Hall–Kier alpha value is -1.09. The second-order valence-electron chi connectivity index (χ2n) is 6.40. The van der Waals surface area contributed by atoms with Crippen molar-refractivity contribution in [1.29, 1.82) is 0 Å². The molecule has 2 rings (SSSR count). The minimum absolute atomic E-state index is 0.514. The first-order chi connectivity index (χ1) is 9.51. The summed E-state index contributed by atoms with van der Waals surface area (Å²) >= 11 is 0. The highest BCUT2D eigenvalue weighted by Crippen LogP contribution is 2.36. The smallest absolute Gasteiger partial charge is 0.129 e. The Balaban J connectivity index is 2.15. The Labute approximate surface area is 123 Å². The number of anilines is 1. The summed E-state index contributed by atoms with van der Waals surface area (Å²) in [6.45, 7) is 9.79. The number of nitrogens with zero attached hydrogens (tertiary/aromatic N) is 2. The first-order valence-electron chi connectivity index (χ1n) is 7.97. The molecule has 3 nitrogen and oxygen atoms in total. The van der Waals surface area contributed by atoms with Gasteiger partial charge in [-0.1, -0.05) is 20.8 Å². The number of aryl methyl sites for hydroxylation is 1. The average Bonchev–Trinajstić information content (AvgIpc) is 3.27. The Bertz CT molecular complexity index is 438. The van der Waals surface area contributed by atoms with Gasteiger partial charge >= 0.3 is 0 Å². The van der Waals surface area contributed by atoms with Crippen molar-refractivity contribution in [2.45, 2.75) is 65.6 Å². The van der Waals surface area contributed by atoms with Crippen LogP contribution in [-0.4, -0.2) is 24.1 Å². The summed E-state index contributed by atoms with van der Waals surface area (Å²) in [5.41, 5.74) is 2.54. The first-order valence-corrected chi connectivity index (χ1v) is 7.97. The Morgan fingerprint density at radius 1 is 1.30 bits per heavy atom. The van der Waals surface area contributed by atoms with Crippen molar-refractivity contribution in [2.24, 2.45) is 5.92 Å². The van der Waals surface area contributed by atoms with Crippen LogP contribution in [0.1, 0.15) is 51.8 Å². The van der Waals surface area contributed by atoms with Gasteiger partial charge in [-0.25, -0.2) is 4.98 Å². The van der Waals surface area contributed by atoms with Crippen LogP contribution in [0.4, 0.5) is 5.82 Å². The van der Waals surface area contributed by atoms with Gasteiger partial charge in [0, 0.05) is 31.4 Å². The second-order valence-corrected chi connectivity index (χ2v) is 6.40. The normalized spacial score (nSPS) is 16.5. The Kier molecular flexibility index (Phi) is 5.03. The third-order valence-corrected chi connectivity index (χ3v) is 4.28. The molecule has 0 saturated heterocycles. The lowest BCUT2D eigenvalue weighted by molar-refractivity contribution is 0.585. The van der Waals surface area contributed by atoms with Gasteiger partial charge in [-0.05, 0) is 49.8 Å². The molecule has 1 saturated carbocycles. The maximum Gasteiger partial charge on any atom is 0.129 e. The maximum absolute atomic E-state index is 4.81. The SMILES string of the molecule is CCc1cc(CNC(C)C)cc(N(C)C(C)C2CC2)n1. The van der Waals surface area contributed by atoms with Crippen LogP contribution in [0.15, 0.2) is 12.1 Å². The minimum Gasteiger partial charge on any atom is -0.357 e. The number of aromatic nitrogens is 1. The molecule has 112 valence electrons. The van der Waals surface area contributed by atoms with E-state index in [0.717, 1.165) is 24.7 Å². The van der Waals surface area contributed by atoms with Crippen molar-refractivity contribution in [3.63, 3.8) is 0 Å². The average molecular weight is 275 g/mol. The summed E-state index contributed by atoms with van der Waals surface area (Å²) in [7, 11) is 2.18.